The van der Waals surface area contributed by atoms with Crippen LogP contribution in [0.2, 0.25) is 0 Å². The predicted molar refractivity (Wildman–Crippen MR) is 107 cm³/mol. The topological polar surface area (TPSA) is 58.2 Å². The number of carbonyl (C=O) groups excluding carboxylic acids is 2. The van der Waals surface area contributed by atoms with Crippen LogP contribution >= 0.6 is 0 Å². The third kappa shape index (κ3) is 5.41. The average molecular weight is 356 g/mol. The number of rotatable bonds is 6. The summed E-state index contributed by atoms with van der Waals surface area (Å²) in [4.78, 5) is 25.2. The molecule has 4 nitrogen and oxygen atoms in total. The molecule has 3 aromatic rings. The van der Waals surface area contributed by atoms with E-state index in [-0.39, 0.29) is 17.5 Å². The van der Waals surface area contributed by atoms with Crippen LogP contribution in [0.15, 0.2) is 96.7 Å². The highest BCUT2D eigenvalue weighted by atomic mass is 16.2. The van der Waals surface area contributed by atoms with Crippen molar-refractivity contribution in [1.82, 2.24) is 10.6 Å². The van der Waals surface area contributed by atoms with Gasteiger partial charge in [-0.25, -0.2) is 0 Å². The standard InChI is InChI=1S/C23H20N2O2/c26-22(20-14-8-3-9-15-20)25-21(16-18-10-4-1-5-11-18)23(27)24-17-19-12-6-2-7-13-19/h1-16H,17H2,(H,24,27)(H,25,26)/b21-16+. The Kier molecular flexibility index (Phi) is 6.15. The Labute approximate surface area is 158 Å². The summed E-state index contributed by atoms with van der Waals surface area (Å²) < 4.78 is 0. The lowest BCUT2D eigenvalue weighted by Crippen LogP contribution is -2.34. The Hall–Kier alpha value is -3.66. The van der Waals surface area contributed by atoms with E-state index in [1.54, 1.807) is 30.3 Å². The van der Waals surface area contributed by atoms with Crippen molar-refractivity contribution in [1.29, 1.82) is 0 Å². The Morgan fingerprint density at radius 1 is 0.741 bits per heavy atom. The fraction of sp³-hybridized carbons (Fsp3) is 0.0435. The zero-order valence-electron chi connectivity index (χ0n) is 14.8. The van der Waals surface area contributed by atoms with E-state index in [2.05, 4.69) is 10.6 Å². The van der Waals surface area contributed by atoms with Crippen molar-refractivity contribution < 1.29 is 9.59 Å². The van der Waals surface area contributed by atoms with Gasteiger partial charge in [0.2, 0.25) is 0 Å². The summed E-state index contributed by atoms with van der Waals surface area (Å²) in [5.74, 6) is -0.667. The molecule has 0 spiro atoms. The maximum atomic E-state index is 12.7. The molecule has 2 N–H and O–H groups in total. The number of carbonyl (C=O) groups is 2. The minimum absolute atomic E-state index is 0.200. The van der Waals surface area contributed by atoms with Crippen LogP contribution in [0.1, 0.15) is 21.5 Å². The van der Waals surface area contributed by atoms with Gasteiger partial charge in [-0.2, -0.15) is 0 Å². The van der Waals surface area contributed by atoms with Gasteiger partial charge >= 0.3 is 0 Å². The molecule has 0 aliphatic heterocycles. The molecule has 0 unspecified atom stereocenters. The van der Waals surface area contributed by atoms with Gasteiger partial charge in [0.25, 0.3) is 11.8 Å². The first-order valence-electron chi connectivity index (χ1n) is 8.67. The van der Waals surface area contributed by atoms with Gasteiger partial charge in [-0.05, 0) is 29.3 Å². The van der Waals surface area contributed by atoms with E-state index in [0.717, 1.165) is 11.1 Å². The minimum atomic E-state index is -0.341. The van der Waals surface area contributed by atoms with Crippen LogP contribution in [0, 0.1) is 0 Å². The van der Waals surface area contributed by atoms with E-state index in [0.29, 0.717) is 12.1 Å². The Morgan fingerprint density at radius 3 is 1.93 bits per heavy atom. The third-order valence-electron chi connectivity index (χ3n) is 3.94. The van der Waals surface area contributed by atoms with Crippen LogP contribution in [0.4, 0.5) is 0 Å². The lowest BCUT2D eigenvalue weighted by molar-refractivity contribution is -0.117. The van der Waals surface area contributed by atoms with E-state index in [9.17, 15) is 9.59 Å². The van der Waals surface area contributed by atoms with Crippen molar-refractivity contribution in [3.8, 4) is 0 Å². The Balaban J connectivity index is 1.78. The molecule has 0 bridgehead atoms. The monoisotopic (exact) mass is 356 g/mol. The van der Waals surface area contributed by atoms with Gasteiger partial charge in [0, 0.05) is 12.1 Å². The SMILES string of the molecule is O=C(NCc1ccccc1)/C(=C\c1ccccc1)NC(=O)c1ccccc1. The fourth-order valence-corrected chi connectivity index (χ4v) is 2.53. The molecule has 0 aromatic heterocycles. The van der Waals surface area contributed by atoms with E-state index < -0.39 is 0 Å². The molecule has 4 heteroatoms. The molecular weight excluding hydrogens is 336 g/mol. The minimum Gasteiger partial charge on any atom is -0.347 e. The molecule has 134 valence electrons. The fourth-order valence-electron chi connectivity index (χ4n) is 2.53. The van der Waals surface area contributed by atoms with Gasteiger partial charge in [0.1, 0.15) is 5.70 Å². The molecule has 0 fully saturated rings. The molecular formula is C23H20N2O2. The van der Waals surface area contributed by atoms with Gasteiger partial charge in [0.15, 0.2) is 0 Å². The molecule has 3 rings (SSSR count). The summed E-state index contributed by atoms with van der Waals surface area (Å²) in [6.07, 6.45) is 1.67. The zero-order chi connectivity index (χ0) is 18.9. The van der Waals surface area contributed by atoms with Gasteiger partial charge in [-0.1, -0.05) is 78.9 Å². The van der Waals surface area contributed by atoms with Crippen molar-refractivity contribution in [2.24, 2.45) is 0 Å². The second-order valence-electron chi connectivity index (χ2n) is 5.96. The molecule has 0 aliphatic rings. The van der Waals surface area contributed by atoms with Gasteiger partial charge < -0.3 is 10.6 Å². The lowest BCUT2D eigenvalue weighted by atomic mass is 10.1. The van der Waals surface area contributed by atoms with Crippen molar-refractivity contribution in [2.75, 3.05) is 0 Å². The highest BCUT2D eigenvalue weighted by Gasteiger charge is 2.14. The molecule has 27 heavy (non-hydrogen) atoms. The molecule has 0 radical (unpaired) electrons. The first-order valence-corrected chi connectivity index (χ1v) is 8.67. The first-order chi connectivity index (χ1) is 13.2. The van der Waals surface area contributed by atoms with Crippen molar-refractivity contribution in [3.63, 3.8) is 0 Å². The Morgan fingerprint density at radius 2 is 1.30 bits per heavy atom. The number of benzene rings is 3. The van der Waals surface area contributed by atoms with Gasteiger partial charge in [0.05, 0.1) is 0 Å². The van der Waals surface area contributed by atoms with E-state index in [1.807, 2.05) is 66.7 Å². The van der Waals surface area contributed by atoms with Gasteiger partial charge in [-0.3, -0.25) is 9.59 Å². The van der Waals surface area contributed by atoms with Crippen LogP contribution in [-0.2, 0) is 11.3 Å². The Bertz CT molecular complexity index is 920. The summed E-state index contributed by atoms with van der Waals surface area (Å²) >= 11 is 0. The number of hydrogen-bond donors (Lipinski definition) is 2. The highest BCUT2D eigenvalue weighted by Crippen LogP contribution is 2.08. The molecule has 0 saturated heterocycles. The molecule has 3 aromatic carbocycles. The molecule has 0 atom stereocenters. The van der Waals surface area contributed by atoms with Crippen LogP contribution in [0.5, 0.6) is 0 Å². The number of amides is 2. The van der Waals surface area contributed by atoms with Gasteiger partial charge in [-0.15, -0.1) is 0 Å². The molecule has 0 aliphatic carbocycles. The summed E-state index contributed by atoms with van der Waals surface area (Å²) in [5.41, 5.74) is 2.51. The maximum Gasteiger partial charge on any atom is 0.268 e. The average Bonchev–Trinajstić information content (AvgIpc) is 2.73. The van der Waals surface area contributed by atoms with Crippen molar-refractivity contribution in [2.45, 2.75) is 6.54 Å². The highest BCUT2D eigenvalue weighted by molar-refractivity contribution is 6.05. The predicted octanol–water partition coefficient (Wildman–Crippen LogP) is 3.77. The maximum absolute atomic E-state index is 12.7. The van der Waals surface area contributed by atoms with Crippen LogP contribution in [0.3, 0.4) is 0 Å². The second-order valence-corrected chi connectivity index (χ2v) is 5.96. The largest absolute Gasteiger partial charge is 0.347 e. The van der Waals surface area contributed by atoms with E-state index in [1.165, 1.54) is 0 Å². The van der Waals surface area contributed by atoms with Crippen LogP contribution < -0.4 is 10.6 Å². The lowest BCUT2D eigenvalue weighted by Gasteiger charge is -2.11. The molecule has 2 amide bonds. The van der Waals surface area contributed by atoms with E-state index >= 15 is 0 Å². The quantitative estimate of drug-likeness (QED) is 0.661. The molecule has 0 heterocycles. The molecule has 0 saturated carbocycles. The first kappa shape index (κ1) is 18.1. The number of hydrogen-bond acceptors (Lipinski definition) is 2. The number of nitrogens with one attached hydrogen (secondary N) is 2. The summed E-state index contributed by atoms with van der Waals surface area (Å²) in [7, 11) is 0. The van der Waals surface area contributed by atoms with Crippen LogP contribution in [0.25, 0.3) is 6.08 Å². The summed E-state index contributed by atoms with van der Waals surface area (Å²) in [5, 5.41) is 5.58. The van der Waals surface area contributed by atoms with E-state index in [4.69, 9.17) is 0 Å². The third-order valence-corrected chi connectivity index (χ3v) is 3.94. The smallest absolute Gasteiger partial charge is 0.268 e. The van der Waals surface area contributed by atoms with Crippen LogP contribution in [-0.4, -0.2) is 11.8 Å². The normalized spacial score (nSPS) is 10.9. The van der Waals surface area contributed by atoms with Crippen molar-refractivity contribution in [3.05, 3.63) is 113 Å². The summed E-state index contributed by atoms with van der Waals surface area (Å²) in [6.45, 7) is 0.382. The zero-order valence-corrected chi connectivity index (χ0v) is 14.8. The second kappa shape index (κ2) is 9.15. The summed E-state index contributed by atoms with van der Waals surface area (Å²) in [6, 6.07) is 27.8. The van der Waals surface area contributed by atoms with Crippen molar-refractivity contribution >= 4 is 17.9 Å².